The minimum atomic E-state index is 0.0263. The first-order chi connectivity index (χ1) is 12.2. The number of benzene rings is 2. The number of fused-ring (bicyclic) bond motifs is 1. The van der Waals surface area contributed by atoms with Gasteiger partial charge in [0.05, 0.1) is 0 Å². The van der Waals surface area contributed by atoms with Crippen molar-refractivity contribution in [3.05, 3.63) is 82.0 Å². The van der Waals surface area contributed by atoms with E-state index in [1.807, 2.05) is 64.9 Å². The number of ether oxygens (including phenoxy) is 1. The number of carbonyl (C=O) groups excluding carboxylic acids is 1. The molecule has 25 heavy (non-hydrogen) atoms. The monoisotopic (exact) mass is 349 g/mol. The molecule has 0 saturated heterocycles. The summed E-state index contributed by atoms with van der Waals surface area (Å²) >= 11 is 1.67. The molecule has 0 bridgehead atoms. The van der Waals surface area contributed by atoms with Crippen LogP contribution >= 0.6 is 11.3 Å². The summed E-state index contributed by atoms with van der Waals surface area (Å²) in [6, 6.07) is 19.7. The highest BCUT2D eigenvalue weighted by Gasteiger charge is 2.30. The van der Waals surface area contributed by atoms with E-state index >= 15 is 0 Å². The standard InChI is InChI=1S/C21H19NO2S/c1-15-13-22(20-10-3-2-9-19(15)20)21(23)16-6-4-7-17(12-16)24-14-18-8-5-11-25-18/h2-12,15H,13-14H2,1H3. The molecule has 2 heterocycles. The summed E-state index contributed by atoms with van der Waals surface area (Å²) in [4.78, 5) is 16.1. The van der Waals surface area contributed by atoms with Gasteiger partial charge in [0.25, 0.3) is 5.91 Å². The van der Waals surface area contributed by atoms with Crippen LogP contribution in [0.4, 0.5) is 5.69 Å². The van der Waals surface area contributed by atoms with Crippen LogP contribution in [0.1, 0.15) is 33.6 Å². The maximum atomic E-state index is 13.0. The molecule has 4 heteroatoms. The molecule has 0 spiro atoms. The summed E-state index contributed by atoms with van der Waals surface area (Å²) in [5.74, 6) is 1.11. The Morgan fingerprint density at radius 2 is 2.04 bits per heavy atom. The molecule has 3 nitrogen and oxygen atoms in total. The first-order valence-corrected chi connectivity index (χ1v) is 9.26. The van der Waals surface area contributed by atoms with E-state index in [2.05, 4.69) is 13.0 Å². The molecular formula is C21H19NO2S. The van der Waals surface area contributed by atoms with Crippen molar-refractivity contribution in [3.63, 3.8) is 0 Å². The molecule has 126 valence electrons. The summed E-state index contributed by atoms with van der Waals surface area (Å²) in [6.45, 7) is 3.41. The highest BCUT2D eigenvalue weighted by molar-refractivity contribution is 7.09. The van der Waals surface area contributed by atoms with E-state index in [-0.39, 0.29) is 5.91 Å². The van der Waals surface area contributed by atoms with Crippen molar-refractivity contribution >= 4 is 22.9 Å². The number of hydrogen-bond acceptors (Lipinski definition) is 3. The Bertz CT molecular complexity index is 888. The van der Waals surface area contributed by atoms with Crippen LogP contribution in [0.5, 0.6) is 5.75 Å². The second-order valence-corrected chi connectivity index (χ2v) is 7.30. The van der Waals surface area contributed by atoms with Gasteiger partial charge in [0.1, 0.15) is 12.4 Å². The summed E-state index contributed by atoms with van der Waals surface area (Å²) in [7, 11) is 0. The Morgan fingerprint density at radius 1 is 1.16 bits per heavy atom. The number of rotatable bonds is 4. The zero-order valence-electron chi connectivity index (χ0n) is 14.0. The second kappa shape index (κ2) is 6.73. The number of carbonyl (C=O) groups is 1. The Labute approximate surface area is 151 Å². The van der Waals surface area contributed by atoms with Crippen LogP contribution in [0, 0.1) is 0 Å². The molecule has 0 radical (unpaired) electrons. The van der Waals surface area contributed by atoms with Gasteiger partial charge in [-0.15, -0.1) is 11.3 Å². The Balaban J connectivity index is 1.54. The molecule has 1 unspecified atom stereocenters. The highest BCUT2D eigenvalue weighted by Crippen LogP contribution is 2.36. The SMILES string of the molecule is CC1CN(C(=O)c2cccc(OCc3cccs3)c2)c2ccccc21. The van der Waals surface area contributed by atoms with Crippen LogP contribution in [-0.2, 0) is 6.61 Å². The molecule has 2 aromatic carbocycles. The topological polar surface area (TPSA) is 29.5 Å². The van der Waals surface area contributed by atoms with Gasteiger partial charge in [-0.25, -0.2) is 0 Å². The fraction of sp³-hybridized carbons (Fsp3) is 0.190. The number of nitrogens with zero attached hydrogens (tertiary/aromatic N) is 1. The second-order valence-electron chi connectivity index (χ2n) is 6.27. The number of thiophene rings is 1. The Morgan fingerprint density at radius 3 is 2.88 bits per heavy atom. The van der Waals surface area contributed by atoms with Gasteiger partial charge in [0, 0.05) is 28.6 Å². The van der Waals surface area contributed by atoms with Crippen molar-refractivity contribution in [1.82, 2.24) is 0 Å². The predicted octanol–water partition coefficient (Wildman–Crippen LogP) is 5.09. The lowest BCUT2D eigenvalue weighted by atomic mass is 10.0. The molecule has 0 fully saturated rings. The fourth-order valence-corrected chi connectivity index (χ4v) is 3.85. The molecule has 1 atom stereocenters. The van der Waals surface area contributed by atoms with Crippen LogP contribution in [0.25, 0.3) is 0 Å². The zero-order valence-corrected chi connectivity index (χ0v) is 14.8. The van der Waals surface area contributed by atoms with Crippen molar-refractivity contribution in [2.75, 3.05) is 11.4 Å². The quantitative estimate of drug-likeness (QED) is 0.656. The van der Waals surface area contributed by atoms with E-state index in [0.717, 1.165) is 18.0 Å². The molecular weight excluding hydrogens is 330 g/mol. The first kappa shape index (κ1) is 15.9. The van der Waals surface area contributed by atoms with Crippen molar-refractivity contribution in [2.24, 2.45) is 0 Å². The van der Waals surface area contributed by atoms with Crippen LogP contribution in [-0.4, -0.2) is 12.5 Å². The zero-order chi connectivity index (χ0) is 17.2. The Kier molecular flexibility index (Phi) is 4.28. The average molecular weight is 349 g/mol. The highest BCUT2D eigenvalue weighted by atomic mass is 32.1. The molecule has 4 rings (SSSR count). The lowest BCUT2D eigenvalue weighted by Crippen LogP contribution is -2.29. The van der Waals surface area contributed by atoms with Crippen molar-refractivity contribution in [1.29, 1.82) is 0 Å². The summed E-state index contributed by atoms with van der Waals surface area (Å²) in [6.07, 6.45) is 0. The van der Waals surface area contributed by atoms with Crippen molar-refractivity contribution in [3.8, 4) is 5.75 Å². The van der Waals surface area contributed by atoms with E-state index in [1.165, 1.54) is 10.4 Å². The number of amides is 1. The largest absolute Gasteiger partial charge is 0.488 e. The van der Waals surface area contributed by atoms with Gasteiger partial charge in [-0.2, -0.15) is 0 Å². The third kappa shape index (κ3) is 3.17. The summed E-state index contributed by atoms with van der Waals surface area (Å²) in [5.41, 5.74) is 2.92. The van der Waals surface area contributed by atoms with Crippen LogP contribution in [0.2, 0.25) is 0 Å². The third-order valence-electron chi connectivity index (χ3n) is 4.50. The molecule has 0 saturated carbocycles. The summed E-state index contributed by atoms with van der Waals surface area (Å²) < 4.78 is 5.83. The van der Waals surface area contributed by atoms with E-state index in [0.29, 0.717) is 18.1 Å². The van der Waals surface area contributed by atoms with E-state index in [4.69, 9.17) is 4.74 Å². The molecule has 1 amide bonds. The lowest BCUT2D eigenvalue weighted by molar-refractivity contribution is 0.0988. The molecule has 0 N–H and O–H groups in total. The lowest BCUT2D eigenvalue weighted by Gasteiger charge is -2.18. The number of para-hydroxylation sites is 1. The van der Waals surface area contributed by atoms with Gasteiger partial charge >= 0.3 is 0 Å². The van der Waals surface area contributed by atoms with Gasteiger partial charge in [0.15, 0.2) is 0 Å². The third-order valence-corrected chi connectivity index (χ3v) is 5.35. The van der Waals surface area contributed by atoms with Crippen molar-refractivity contribution < 1.29 is 9.53 Å². The van der Waals surface area contributed by atoms with Gasteiger partial charge in [0.2, 0.25) is 0 Å². The van der Waals surface area contributed by atoms with Gasteiger partial charge in [-0.3, -0.25) is 4.79 Å². The maximum Gasteiger partial charge on any atom is 0.258 e. The summed E-state index contributed by atoms with van der Waals surface area (Å²) in [5, 5.41) is 2.03. The van der Waals surface area contributed by atoms with Gasteiger partial charge in [-0.1, -0.05) is 37.3 Å². The van der Waals surface area contributed by atoms with Crippen molar-refractivity contribution in [2.45, 2.75) is 19.4 Å². The fourth-order valence-electron chi connectivity index (χ4n) is 3.24. The van der Waals surface area contributed by atoms with Crippen LogP contribution < -0.4 is 9.64 Å². The van der Waals surface area contributed by atoms with E-state index < -0.39 is 0 Å². The minimum Gasteiger partial charge on any atom is -0.488 e. The molecule has 1 aromatic heterocycles. The van der Waals surface area contributed by atoms with Gasteiger partial charge < -0.3 is 9.64 Å². The normalized spacial score (nSPS) is 15.9. The van der Waals surface area contributed by atoms with E-state index in [9.17, 15) is 4.79 Å². The maximum absolute atomic E-state index is 13.0. The molecule has 1 aliphatic heterocycles. The smallest absolute Gasteiger partial charge is 0.258 e. The molecule has 1 aliphatic rings. The van der Waals surface area contributed by atoms with Gasteiger partial charge in [-0.05, 0) is 41.3 Å². The molecule has 0 aliphatic carbocycles. The number of anilines is 1. The van der Waals surface area contributed by atoms with E-state index in [1.54, 1.807) is 11.3 Å². The average Bonchev–Trinajstić information content (AvgIpc) is 3.28. The Hall–Kier alpha value is -2.59. The van der Waals surface area contributed by atoms with Crippen LogP contribution in [0.15, 0.2) is 66.0 Å². The predicted molar refractivity (Wildman–Crippen MR) is 102 cm³/mol. The molecule has 3 aromatic rings. The minimum absolute atomic E-state index is 0.0263. The first-order valence-electron chi connectivity index (χ1n) is 8.38. The number of hydrogen-bond donors (Lipinski definition) is 0. The van der Waals surface area contributed by atoms with Crippen LogP contribution in [0.3, 0.4) is 0 Å².